The molecular formula is C6H9O7P. The summed E-state index contributed by atoms with van der Waals surface area (Å²) in [6.45, 7) is 0.995. The topological polar surface area (TPSA) is 132 Å². The summed E-state index contributed by atoms with van der Waals surface area (Å²) in [7, 11) is -4.97. The first-order chi connectivity index (χ1) is 6.16. The Morgan fingerprint density at radius 1 is 1.36 bits per heavy atom. The molecule has 0 radical (unpaired) electrons. The van der Waals surface area contributed by atoms with Crippen LogP contribution in [0.1, 0.15) is 6.92 Å². The summed E-state index contributed by atoms with van der Waals surface area (Å²) >= 11 is 0. The van der Waals surface area contributed by atoms with Crippen molar-refractivity contribution < 1.29 is 34.2 Å². The van der Waals surface area contributed by atoms with E-state index in [2.05, 4.69) is 0 Å². The molecule has 0 heterocycles. The Balaban J connectivity index is 5.15. The van der Waals surface area contributed by atoms with E-state index in [1.807, 2.05) is 0 Å². The zero-order chi connectivity index (χ0) is 11.5. The first kappa shape index (κ1) is 13.0. The van der Waals surface area contributed by atoms with E-state index in [4.69, 9.17) is 20.0 Å². The maximum absolute atomic E-state index is 10.5. The molecule has 0 bridgehead atoms. The minimum Gasteiger partial charge on any atom is -0.478 e. The molecule has 7 nitrogen and oxygen atoms in total. The molecule has 80 valence electrons. The van der Waals surface area contributed by atoms with E-state index in [-0.39, 0.29) is 0 Å². The Bertz CT molecular complexity index is 325. The van der Waals surface area contributed by atoms with E-state index in [9.17, 15) is 14.2 Å². The van der Waals surface area contributed by atoms with E-state index in [1.165, 1.54) is 0 Å². The SMILES string of the molecule is CC(=O)/C=C(\C(=O)O)C(O)P(=O)(O)O. The molecule has 14 heavy (non-hydrogen) atoms. The van der Waals surface area contributed by atoms with Gasteiger partial charge in [-0.1, -0.05) is 0 Å². The molecule has 0 amide bonds. The number of aliphatic carboxylic acids is 1. The zero-order valence-corrected chi connectivity index (χ0v) is 8.01. The van der Waals surface area contributed by atoms with Crippen LogP contribution in [0.15, 0.2) is 11.6 Å². The normalized spacial score (nSPS) is 15.0. The van der Waals surface area contributed by atoms with Crippen molar-refractivity contribution in [1.29, 1.82) is 0 Å². The van der Waals surface area contributed by atoms with Gasteiger partial charge in [-0.3, -0.25) is 9.36 Å². The molecule has 0 aromatic heterocycles. The van der Waals surface area contributed by atoms with E-state index >= 15 is 0 Å². The lowest BCUT2D eigenvalue weighted by molar-refractivity contribution is -0.133. The Hall–Kier alpha value is -1.01. The lowest BCUT2D eigenvalue weighted by Crippen LogP contribution is -2.18. The molecule has 0 aromatic carbocycles. The number of allylic oxidation sites excluding steroid dienone is 1. The van der Waals surface area contributed by atoms with Gasteiger partial charge >= 0.3 is 13.6 Å². The monoisotopic (exact) mass is 224 g/mol. The molecule has 4 N–H and O–H groups in total. The van der Waals surface area contributed by atoms with E-state index in [0.29, 0.717) is 6.08 Å². The molecule has 8 heteroatoms. The highest BCUT2D eigenvalue weighted by Crippen LogP contribution is 2.43. The first-order valence-electron chi connectivity index (χ1n) is 3.35. The highest BCUT2D eigenvalue weighted by Gasteiger charge is 2.33. The minimum absolute atomic E-state index is 0.464. The quantitative estimate of drug-likeness (QED) is 0.358. The smallest absolute Gasteiger partial charge is 0.358 e. The molecule has 0 fully saturated rings. The van der Waals surface area contributed by atoms with Crippen LogP contribution in [0.4, 0.5) is 0 Å². The predicted molar refractivity (Wildman–Crippen MR) is 44.5 cm³/mol. The molecule has 0 spiro atoms. The minimum atomic E-state index is -4.97. The number of carboxylic acids is 1. The van der Waals surface area contributed by atoms with Gasteiger partial charge in [0.15, 0.2) is 11.6 Å². The average molecular weight is 224 g/mol. The molecule has 0 aliphatic heterocycles. The predicted octanol–water partition coefficient (Wildman–Crippen LogP) is -0.918. The van der Waals surface area contributed by atoms with Gasteiger partial charge in [0, 0.05) is 0 Å². The fourth-order valence-corrected chi connectivity index (χ4v) is 1.19. The fourth-order valence-electron chi connectivity index (χ4n) is 0.647. The molecule has 0 aromatic rings. The molecule has 0 rings (SSSR count). The van der Waals surface area contributed by atoms with Crippen molar-refractivity contribution >= 4 is 19.3 Å². The average Bonchev–Trinajstić information content (AvgIpc) is 1.96. The summed E-state index contributed by atoms with van der Waals surface area (Å²) in [5.74, 6) is -4.96. The second-order valence-corrected chi connectivity index (χ2v) is 4.15. The van der Waals surface area contributed by atoms with Gasteiger partial charge in [0.2, 0.25) is 0 Å². The summed E-state index contributed by atoms with van der Waals surface area (Å²) in [4.78, 5) is 37.8. The second kappa shape index (κ2) is 4.47. The standard InChI is InChI=1S/C6H9O7P/c1-3(7)2-4(5(8)9)6(10)14(11,12)13/h2,6,10H,1H3,(H,8,9)(H2,11,12,13)/b4-2+. The van der Waals surface area contributed by atoms with E-state index in [1.54, 1.807) is 0 Å². The maximum atomic E-state index is 10.5. The van der Waals surface area contributed by atoms with Crippen molar-refractivity contribution in [2.24, 2.45) is 0 Å². The van der Waals surface area contributed by atoms with Crippen molar-refractivity contribution in [3.05, 3.63) is 11.6 Å². The Kier molecular flexibility index (Phi) is 4.15. The number of aliphatic hydroxyl groups excluding tert-OH is 1. The van der Waals surface area contributed by atoms with Crippen molar-refractivity contribution in [1.82, 2.24) is 0 Å². The van der Waals surface area contributed by atoms with Crippen LogP contribution in [-0.4, -0.2) is 37.6 Å². The zero-order valence-electron chi connectivity index (χ0n) is 7.12. The maximum Gasteiger partial charge on any atom is 0.358 e. The van der Waals surface area contributed by atoms with Crippen molar-refractivity contribution in [3.8, 4) is 0 Å². The van der Waals surface area contributed by atoms with Crippen molar-refractivity contribution in [2.75, 3.05) is 0 Å². The highest BCUT2D eigenvalue weighted by molar-refractivity contribution is 7.52. The van der Waals surface area contributed by atoms with Crippen LogP contribution in [0.3, 0.4) is 0 Å². The van der Waals surface area contributed by atoms with Crippen LogP contribution in [0, 0.1) is 0 Å². The molecule has 0 saturated heterocycles. The summed E-state index contributed by atoms with van der Waals surface area (Å²) in [6.07, 6.45) is 0.464. The number of carboxylic acid groups (broad SMARTS) is 1. The van der Waals surface area contributed by atoms with Gasteiger partial charge in [-0.15, -0.1) is 0 Å². The fraction of sp³-hybridized carbons (Fsp3) is 0.333. The molecular weight excluding hydrogens is 215 g/mol. The lowest BCUT2D eigenvalue weighted by Gasteiger charge is -2.12. The first-order valence-corrected chi connectivity index (χ1v) is 5.03. The van der Waals surface area contributed by atoms with Gasteiger partial charge in [-0.25, -0.2) is 4.79 Å². The van der Waals surface area contributed by atoms with Gasteiger partial charge in [-0.2, -0.15) is 0 Å². The second-order valence-electron chi connectivity index (χ2n) is 2.48. The molecule has 0 aliphatic carbocycles. The third-order valence-electron chi connectivity index (χ3n) is 1.20. The van der Waals surface area contributed by atoms with Crippen LogP contribution in [-0.2, 0) is 14.2 Å². The van der Waals surface area contributed by atoms with Crippen LogP contribution in [0.2, 0.25) is 0 Å². The van der Waals surface area contributed by atoms with E-state index in [0.717, 1.165) is 6.92 Å². The van der Waals surface area contributed by atoms with Gasteiger partial charge in [0.25, 0.3) is 0 Å². The highest BCUT2D eigenvalue weighted by atomic mass is 31.2. The molecule has 1 unspecified atom stereocenters. The molecule has 0 aliphatic rings. The Morgan fingerprint density at radius 2 is 1.79 bits per heavy atom. The summed E-state index contributed by atoms with van der Waals surface area (Å²) in [6, 6.07) is 0. The number of aliphatic hydroxyl groups is 1. The van der Waals surface area contributed by atoms with Crippen molar-refractivity contribution in [3.63, 3.8) is 0 Å². The molecule has 0 saturated carbocycles. The largest absolute Gasteiger partial charge is 0.478 e. The number of ketones is 1. The number of carbonyl (C=O) groups is 2. The third-order valence-corrected chi connectivity index (χ3v) is 2.12. The van der Waals surface area contributed by atoms with E-state index < -0.39 is 30.8 Å². The summed E-state index contributed by atoms with van der Waals surface area (Å²) in [5, 5.41) is 17.3. The van der Waals surface area contributed by atoms with Gasteiger partial charge in [-0.05, 0) is 13.0 Å². The number of carbonyl (C=O) groups excluding carboxylic acids is 1. The Labute approximate surface area is 78.8 Å². The van der Waals surface area contributed by atoms with Crippen LogP contribution >= 0.6 is 7.60 Å². The summed E-state index contributed by atoms with van der Waals surface area (Å²) in [5.41, 5.74) is -1.02. The van der Waals surface area contributed by atoms with Gasteiger partial charge in [0.1, 0.15) is 0 Å². The number of hydrogen-bond acceptors (Lipinski definition) is 4. The Morgan fingerprint density at radius 3 is 2.00 bits per heavy atom. The van der Waals surface area contributed by atoms with Crippen LogP contribution in [0.25, 0.3) is 0 Å². The third kappa shape index (κ3) is 3.80. The number of hydrogen-bond donors (Lipinski definition) is 4. The van der Waals surface area contributed by atoms with Crippen molar-refractivity contribution in [2.45, 2.75) is 12.8 Å². The summed E-state index contributed by atoms with van der Waals surface area (Å²) < 4.78 is 10.5. The van der Waals surface area contributed by atoms with Crippen LogP contribution in [0.5, 0.6) is 0 Å². The number of rotatable bonds is 4. The molecule has 1 atom stereocenters. The van der Waals surface area contributed by atoms with Crippen LogP contribution < -0.4 is 0 Å². The van der Waals surface area contributed by atoms with Gasteiger partial charge in [0.05, 0.1) is 5.57 Å². The lowest BCUT2D eigenvalue weighted by atomic mass is 10.2. The van der Waals surface area contributed by atoms with Gasteiger partial charge < -0.3 is 20.0 Å².